The highest BCUT2D eigenvalue weighted by molar-refractivity contribution is 5.84. The molecule has 2 N–H and O–H groups in total. The van der Waals surface area contributed by atoms with E-state index in [1.165, 1.54) is 0 Å². The van der Waals surface area contributed by atoms with Crippen molar-refractivity contribution in [1.82, 2.24) is 4.98 Å². The predicted octanol–water partition coefficient (Wildman–Crippen LogP) is 3.27. The van der Waals surface area contributed by atoms with Gasteiger partial charge in [-0.1, -0.05) is 30.3 Å². The third kappa shape index (κ3) is 2.63. The van der Waals surface area contributed by atoms with Gasteiger partial charge in [0, 0.05) is 18.1 Å². The molecule has 2 aromatic carbocycles. The van der Waals surface area contributed by atoms with Crippen LogP contribution in [0.15, 0.2) is 60.8 Å². The number of pyridine rings is 1. The Labute approximate surface area is 118 Å². The molecule has 1 heterocycles. The van der Waals surface area contributed by atoms with Crippen molar-refractivity contribution in [2.75, 3.05) is 0 Å². The molecule has 0 saturated heterocycles. The Morgan fingerprint density at radius 1 is 0.900 bits per heavy atom. The van der Waals surface area contributed by atoms with Crippen molar-refractivity contribution in [3.63, 3.8) is 0 Å². The fourth-order valence-electron chi connectivity index (χ4n) is 2.13. The lowest BCUT2D eigenvalue weighted by Crippen LogP contribution is -1.99. The minimum absolute atomic E-state index is 0.541. The van der Waals surface area contributed by atoms with E-state index in [4.69, 9.17) is 10.5 Å². The monoisotopic (exact) mass is 264 g/mol. The maximum atomic E-state index is 5.91. The van der Waals surface area contributed by atoms with Crippen LogP contribution in [0.25, 0.3) is 10.9 Å². The molecule has 100 valence electrons. The number of rotatable bonds is 4. The molecule has 3 heteroatoms. The molecule has 0 bridgehead atoms. The van der Waals surface area contributed by atoms with E-state index in [9.17, 15) is 0 Å². The first-order chi connectivity index (χ1) is 9.86. The third-order valence-electron chi connectivity index (χ3n) is 3.26. The molecule has 20 heavy (non-hydrogen) atoms. The highest BCUT2D eigenvalue weighted by Gasteiger charge is 2.02. The van der Waals surface area contributed by atoms with Gasteiger partial charge in [0.25, 0.3) is 0 Å². The summed E-state index contributed by atoms with van der Waals surface area (Å²) in [5.41, 5.74) is 8.79. The van der Waals surface area contributed by atoms with E-state index in [0.717, 1.165) is 27.8 Å². The molecule has 0 fully saturated rings. The number of ether oxygens (including phenoxy) is 1. The van der Waals surface area contributed by atoms with Gasteiger partial charge in [-0.05, 0) is 35.4 Å². The summed E-state index contributed by atoms with van der Waals surface area (Å²) in [7, 11) is 0. The van der Waals surface area contributed by atoms with Crippen LogP contribution < -0.4 is 10.5 Å². The predicted molar refractivity (Wildman–Crippen MR) is 80.4 cm³/mol. The normalized spacial score (nSPS) is 10.7. The molecular weight excluding hydrogens is 248 g/mol. The SMILES string of the molecule is NCc1ccc(COc2cccc3ncccc23)cc1. The Morgan fingerprint density at radius 2 is 1.70 bits per heavy atom. The Balaban J connectivity index is 1.79. The molecule has 0 unspecified atom stereocenters. The largest absolute Gasteiger partial charge is 0.488 e. The molecule has 0 aliphatic carbocycles. The molecular formula is C17H16N2O. The van der Waals surface area contributed by atoms with E-state index in [2.05, 4.69) is 4.98 Å². The van der Waals surface area contributed by atoms with Crippen LogP contribution in [0.1, 0.15) is 11.1 Å². The molecule has 0 amide bonds. The zero-order valence-electron chi connectivity index (χ0n) is 11.1. The second-order valence-electron chi connectivity index (χ2n) is 4.64. The average molecular weight is 264 g/mol. The van der Waals surface area contributed by atoms with Crippen molar-refractivity contribution in [1.29, 1.82) is 0 Å². The summed E-state index contributed by atoms with van der Waals surface area (Å²) in [5.74, 6) is 0.860. The van der Waals surface area contributed by atoms with Gasteiger partial charge in [0.1, 0.15) is 12.4 Å². The Bertz CT molecular complexity index is 702. The highest BCUT2D eigenvalue weighted by atomic mass is 16.5. The second kappa shape index (κ2) is 5.72. The number of hydrogen-bond acceptors (Lipinski definition) is 3. The van der Waals surface area contributed by atoms with E-state index in [-0.39, 0.29) is 0 Å². The van der Waals surface area contributed by atoms with Crippen LogP contribution in [-0.4, -0.2) is 4.98 Å². The molecule has 0 atom stereocenters. The average Bonchev–Trinajstić information content (AvgIpc) is 2.53. The molecule has 3 rings (SSSR count). The van der Waals surface area contributed by atoms with Gasteiger partial charge in [-0.2, -0.15) is 0 Å². The van der Waals surface area contributed by atoms with Crippen molar-refractivity contribution < 1.29 is 4.74 Å². The smallest absolute Gasteiger partial charge is 0.129 e. The Morgan fingerprint density at radius 3 is 2.50 bits per heavy atom. The molecule has 0 aliphatic rings. The van der Waals surface area contributed by atoms with E-state index < -0.39 is 0 Å². The van der Waals surface area contributed by atoms with Crippen molar-refractivity contribution in [3.8, 4) is 5.75 Å². The van der Waals surface area contributed by atoms with Crippen molar-refractivity contribution >= 4 is 10.9 Å². The molecule has 3 aromatic rings. The van der Waals surface area contributed by atoms with E-state index in [1.807, 2.05) is 54.6 Å². The van der Waals surface area contributed by atoms with Gasteiger partial charge in [0.15, 0.2) is 0 Å². The van der Waals surface area contributed by atoms with Crippen LogP contribution in [0.5, 0.6) is 5.75 Å². The van der Waals surface area contributed by atoms with Crippen molar-refractivity contribution in [2.45, 2.75) is 13.2 Å². The van der Waals surface area contributed by atoms with Gasteiger partial charge < -0.3 is 10.5 Å². The maximum absolute atomic E-state index is 5.91. The Kier molecular flexibility index (Phi) is 3.61. The van der Waals surface area contributed by atoms with E-state index >= 15 is 0 Å². The number of fused-ring (bicyclic) bond motifs is 1. The lowest BCUT2D eigenvalue weighted by Gasteiger charge is -2.09. The van der Waals surface area contributed by atoms with Gasteiger partial charge in [0.2, 0.25) is 0 Å². The quantitative estimate of drug-likeness (QED) is 0.786. The molecule has 0 saturated carbocycles. The number of hydrogen-bond donors (Lipinski definition) is 1. The lowest BCUT2D eigenvalue weighted by molar-refractivity contribution is 0.310. The van der Waals surface area contributed by atoms with Crippen LogP contribution in [0.3, 0.4) is 0 Å². The molecule has 3 nitrogen and oxygen atoms in total. The number of nitrogens with two attached hydrogens (primary N) is 1. The fraction of sp³-hybridized carbons (Fsp3) is 0.118. The van der Waals surface area contributed by atoms with Gasteiger partial charge in [0.05, 0.1) is 5.52 Å². The highest BCUT2D eigenvalue weighted by Crippen LogP contribution is 2.24. The zero-order valence-corrected chi connectivity index (χ0v) is 11.1. The summed E-state index contributed by atoms with van der Waals surface area (Å²) in [5, 5.41) is 1.04. The molecule has 1 aromatic heterocycles. The molecule has 0 spiro atoms. The standard InChI is InChI=1S/C17H16N2O/c18-11-13-6-8-14(9-7-13)12-20-17-5-1-4-16-15(17)3-2-10-19-16/h1-10H,11-12,18H2. The van der Waals surface area contributed by atoms with Crippen LogP contribution in [0.2, 0.25) is 0 Å². The second-order valence-corrected chi connectivity index (χ2v) is 4.64. The minimum Gasteiger partial charge on any atom is -0.488 e. The van der Waals surface area contributed by atoms with Crippen LogP contribution in [0.4, 0.5) is 0 Å². The third-order valence-corrected chi connectivity index (χ3v) is 3.26. The first-order valence-corrected chi connectivity index (χ1v) is 6.61. The van der Waals surface area contributed by atoms with Crippen LogP contribution in [-0.2, 0) is 13.2 Å². The van der Waals surface area contributed by atoms with Gasteiger partial charge in [-0.15, -0.1) is 0 Å². The Hall–Kier alpha value is -2.39. The van der Waals surface area contributed by atoms with Crippen molar-refractivity contribution in [2.24, 2.45) is 5.73 Å². The summed E-state index contributed by atoms with van der Waals surface area (Å²) < 4.78 is 5.91. The van der Waals surface area contributed by atoms with E-state index in [0.29, 0.717) is 13.2 Å². The summed E-state index contributed by atoms with van der Waals surface area (Å²) in [4.78, 5) is 4.33. The molecule has 0 aliphatic heterocycles. The summed E-state index contributed by atoms with van der Waals surface area (Å²) >= 11 is 0. The zero-order chi connectivity index (χ0) is 13.8. The van der Waals surface area contributed by atoms with Gasteiger partial charge >= 0.3 is 0 Å². The van der Waals surface area contributed by atoms with Crippen molar-refractivity contribution in [3.05, 3.63) is 71.9 Å². The number of benzene rings is 2. The summed E-state index contributed by atoms with van der Waals surface area (Å²) in [6.07, 6.45) is 1.79. The number of aromatic nitrogens is 1. The summed E-state index contributed by atoms with van der Waals surface area (Å²) in [6, 6.07) is 18.0. The minimum atomic E-state index is 0.541. The summed E-state index contributed by atoms with van der Waals surface area (Å²) in [6.45, 7) is 1.11. The lowest BCUT2D eigenvalue weighted by atomic mass is 10.1. The number of nitrogens with zero attached hydrogens (tertiary/aromatic N) is 1. The fourth-order valence-corrected chi connectivity index (χ4v) is 2.13. The maximum Gasteiger partial charge on any atom is 0.129 e. The van der Waals surface area contributed by atoms with Gasteiger partial charge in [-0.25, -0.2) is 0 Å². The first-order valence-electron chi connectivity index (χ1n) is 6.61. The topological polar surface area (TPSA) is 48.1 Å². The van der Waals surface area contributed by atoms with E-state index in [1.54, 1.807) is 6.20 Å². The molecule has 0 radical (unpaired) electrons. The van der Waals surface area contributed by atoms with Crippen LogP contribution in [0, 0.1) is 0 Å². The van der Waals surface area contributed by atoms with Gasteiger partial charge in [-0.3, -0.25) is 4.98 Å². The van der Waals surface area contributed by atoms with Crippen LogP contribution >= 0.6 is 0 Å². The first kappa shape index (κ1) is 12.6.